The standard InChI is InChI=1S/C14H19BrN2O4/c1-9(13(18)17-6-3-7-20-2)21-14(19)11-8-10(16)4-5-12(11)15/h4-5,8-9H,3,6-7,16H2,1-2H3,(H,17,18). The van der Waals surface area contributed by atoms with Gasteiger partial charge < -0.3 is 20.5 Å². The third-order valence-electron chi connectivity index (χ3n) is 2.69. The number of benzene rings is 1. The number of methoxy groups -OCH3 is 1. The average molecular weight is 359 g/mol. The van der Waals surface area contributed by atoms with Crippen molar-refractivity contribution in [1.82, 2.24) is 5.32 Å². The van der Waals surface area contributed by atoms with E-state index in [1.807, 2.05) is 0 Å². The topological polar surface area (TPSA) is 90.6 Å². The maximum atomic E-state index is 12.0. The van der Waals surface area contributed by atoms with Crippen LogP contribution in [-0.2, 0) is 14.3 Å². The van der Waals surface area contributed by atoms with Gasteiger partial charge in [-0.05, 0) is 47.5 Å². The second-order valence-corrected chi connectivity index (χ2v) is 5.28. The number of rotatable bonds is 7. The molecule has 0 aromatic heterocycles. The van der Waals surface area contributed by atoms with Crippen LogP contribution >= 0.6 is 15.9 Å². The molecule has 0 radical (unpaired) electrons. The number of nitrogens with one attached hydrogen (secondary N) is 1. The first kappa shape index (κ1) is 17.5. The summed E-state index contributed by atoms with van der Waals surface area (Å²) in [6, 6.07) is 4.81. The molecule has 7 heteroatoms. The van der Waals surface area contributed by atoms with E-state index >= 15 is 0 Å². The van der Waals surface area contributed by atoms with E-state index in [1.165, 1.54) is 13.0 Å². The highest BCUT2D eigenvalue weighted by atomic mass is 79.9. The Morgan fingerprint density at radius 3 is 2.81 bits per heavy atom. The molecule has 0 bridgehead atoms. The van der Waals surface area contributed by atoms with Crippen LogP contribution < -0.4 is 11.1 Å². The number of halogens is 1. The number of amides is 1. The van der Waals surface area contributed by atoms with Gasteiger partial charge in [-0.3, -0.25) is 4.79 Å². The van der Waals surface area contributed by atoms with Gasteiger partial charge in [-0.25, -0.2) is 4.79 Å². The zero-order chi connectivity index (χ0) is 15.8. The van der Waals surface area contributed by atoms with Gasteiger partial charge in [-0.2, -0.15) is 0 Å². The van der Waals surface area contributed by atoms with Crippen LogP contribution in [0.15, 0.2) is 22.7 Å². The van der Waals surface area contributed by atoms with Crippen molar-refractivity contribution < 1.29 is 19.1 Å². The zero-order valence-corrected chi connectivity index (χ0v) is 13.6. The second kappa shape index (κ2) is 8.63. The minimum absolute atomic E-state index is 0.286. The van der Waals surface area contributed by atoms with E-state index in [-0.39, 0.29) is 11.5 Å². The lowest BCUT2D eigenvalue weighted by atomic mass is 10.2. The number of carbonyl (C=O) groups is 2. The van der Waals surface area contributed by atoms with Crippen LogP contribution in [0.5, 0.6) is 0 Å². The Bertz CT molecular complexity index is 508. The minimum Gasteiger partial charge on any atom is -0.449 e. The van der Waals surface area contributed by atoms with E-state index in [1.54, 1.807) is 19.2 Å². The fourth-order valence-corrected chi connectivity index (χ4v) is 1.96. The van der Waals surface area contributed by atoms with Gasteiger partial charge in [0.15, 0.2) is 6.10 Å². The number of hydrogen-bond acceptors (Lipinski definition) is 5. The Hall–Kier alpha value is -1.60. The number of ether oxygens (including phenoxy) is 2. The number of anilines is 1. The summed E-state index contributed by atoms with van der Waals surface area (Å²) in [5.74, 6) is -0.951. The molecule has 0 fully saturated rings. The van der Waals surface area contributed by atoms with Crippen molar-refractivity contribution in [3.8, 4) is 0 Å². The summed E-state index contributed by atoms with van der Waals surface area (Å²) in [7, 11) is 1.59. The first-order valence-corrected chi connectivity index (χ1v) is 7.27. The van der Waals surface area contributed by atoms with Crippen LogP contribution in [0.25, 0.3) is 0 Å². The SMILES string of the molecule is COCCCNC(=O)C(C)OC(=O)c1cc(N)ccc1Br. The largest absolute Gasteiger partial charge is 0.449 e. The van der Waals surface area contributed by atoms with Gasteiger partial charge in [0.2, 0.25) is 0 Å². The molecule has 0 spiro atoms. The Balaban J connectivity index is 2.53. The van der Waals surface area contributed by atoms with Crippen LogP contribution in [0.1, 0.15) is 23.7 Å². The monoisotopic (exact) mass is 358 g/mol. The molecule has 1 aromatic carbocycles. The normalized spacial score (nSPS) is 11.8. The van der Waals surface area contributed by atoms with Gasteiger partial charge in [0, 0.05) is 30.4 Å². The van der Waals surface area contributed by atoms with Gasteiger partial charge in [0.1, 0.15) is 0 Å². The van der Waals surface area contributed by atoms with Crippen LogP contribution in [-0.4, -0.2) is 38.2 Å². The summed E-state index contributed by atoms with van der Waals surface area (Å²) >= 11 is 3.25. The van der Waals surface area contributed by atoms with Crippen LogP contribution in [0, 0.1) is 0 Å². The molecular weight excluding hydrogens is 340 g/mol. The van der Waals surface area contributed by atoms with E-state index in [2.05, 4.69) is 21.2 Å². The number of carbonyl (C=O) groups excluding carboxylic acids is 2. The zero-order valence-electron chi connectivity index (χ0n) is 12.0. The number of esters is 1. The lowest BCUT2D eigenvalue weighted by Crippen LogP contribution is -2.36. The van der Waals surface area contributed by atoms with Crippen molar-refractivity contribution >= 4 is 33.5 Å². The molecule has 1 unspecified atom stereocenters. The Morgan fingerprint density at radius 2 is 2.14 bits per heavy atom. The minimum atomic E-state index is -0.881. The quantitative estimate of drug-likeness (QED) is 0.440. The maximum absolute atomic E-state index is 12.0. The second-order valence-electron chi connectivity index (χ2n) is 4.42. The summed E-state index contributed by atoms with van der Waals surface area (Å²) in [6.45, 7) is 2.55. The van der Waals surface area contributed by atoms with E-state index < -0.39 is 12.1 Å². The van der Waals surface area contributed by atoms with Crippen LogP contribution in [0.2, 0.25) is 0 Å². The molecule has 3 N–H and O–H groups in total. The highest BCUT2D eigenvalue weighted by molar-refractivity contribution is 9.10. The van der Waals surface area contributed by atoms with Crippen LogP contribution in [0.4, 0.5) is 5.69 Å². The van der Waals surface area contributed by atoms with E-state index in [0.29, 0.717) is 29.7 Å². The number of nitrogen functional groups attached to an aromatic ring is 1. The molecule has 6 nitrogen and oxygen atoms in total. The van der Waals surface area contributed by atoms with E-state index in [9.17, 15) is 9.59 Å². The molecule has 0 aliphatic carbocycles. The van der Waals surface area contributed by atoms with Crippen molar-refractivity contribution in [1.29, 1.82) is 0 Å². The highest BCUT2D eigenvalue weighted by Crippen LogP contribution is 2.20. The molecule has 1 aromatic rings. The molecule has 0 aliphatic heterocycles. The third-order valence-corrected chi connectivity index (χ3v) is 3.38. The first-order valence-electron chi connectivity index (χ1n) is 6.48. The highest BCUT2D eigenvalue weighted by Gasteiger charge is 2.20. The van der Waals surface area contributed by atoms with Crippen LogP contribution in [0.3, 0.4) is 0 Å². The fourth-order valence-electron chi connectivity index (χ4n) is 1.55. The molecule has 0 saturated carbocycles. The van der Waals surface area contributed by atoms with Gasteiger partial charge in [0.25, 0.3) is 5.91 Å². The summed E-state index contributed by atoms with van der Waals surface area (Å²) in [4.78, 5) is 23.8. The lowest BCUT2D eigenvalue weighted by Gasteiger charge is -2.14. The maximum Gasteiger partial charge on any atom is 0.340 e. The molecule has 1 rings (SSSR count). The van der Waals surface area contributed by atoms with Gasteiger partial charge in [-0.1, -0.05) is 0 Å². The smallest absolute Gasteiger partial charge is 0.340 e. The molecule has 21 heavy (non-hydrogen) atoms. The predicted molar refractivity (Wildman–Crippen MR) is 82.9 cm³/mol. The molecule has 1 amide bonds. The number of hydrogen-bond donors (Lipinski definition) is 2. The Kier molecular flexibility index (Phi) is 7.18. The van der Waals surface area contributed by atoms with Gasteiger partial charge >= 0.3 is 5.97 Å². The van der Waals surface area contributed by atoms with Crippen molar-refractivity contribution in [2.75, 3.05) is 26.0 Å². The van der Waals surface area contributed by atoms with E-state index in [0.717, 1.165) is 0 Å². The summed E-state index contributed by atoms with van der Waals surface area (Å²) in [5, 5.41) is 2.67. The summed E-state index contributed by atoms with van der Waals surface area (Å²) in [5.41, 5.74) is 6.36. The van der Waals surface area contributed by atoms with Crippen molar-refractivity contribution in [2.24, 2.45) is 0 Å². The first-order chi connectivity index (χ1) is 9.95. The van der Waals surface area contributed by atoms with E-state index in [4.69, 9.17) is 15.2 Å². The third kappa shape index (κ3) is 5.73. The lowest BCUT2D eigenvalue weighted by molar-refractivity contribution is -0.129. The Labute approximate surface area is 132 Å². The molecule has 116 valence electrons. The number of nitrogens with two attached hydrogens (primary N) is 1. The van der Waals surface area contributed by atoms with Gasteiger partial charge in [-0.15, -0.1) is 0 Å². The van der Waals surface area contributed by atoms with Gasteiger partial charge in [0.05, 0.1) is 5.56 Å². The molecule has 0 heterocycles. The van der Waals surface area contributed by atoms with Crippen molar-refractivity contribution in [3.05, 3.63) is 28.2 Å². The molecular formula is C14H19BrN2O4. The van der Waals surface area contributed by atoms with Crippen molar-refractivity contribution in [2.45, 2.75) is 19.4 Å². The molecule has 0 aliphatic rings. The summed E-state index contributed by atoms with van der Waals surface area (Å²) in [6.07, 6.45) is -0.183. The molecule has 0 saturated heterocycles. The fraction of sp³-hybridized carbons (Fsp3) is 0.429. The summed E-state index contributed by atoms with van der Waals surface area (Å²) < 4.78 is 10.6. The van der Waals surface area contributed by atoms with Crippen molar-refractivity contribution in [3.63, 3.8) is 0 Å². The molecule has 1 atom stereocenters. The average Bonchev–Trinajstić information content (AvgIpc) is 2.45. The predicted octanol–water partition coefficient (Wildman–Crippen LogP) is 1.73. The Morgan fingerprint density at radius 1 is 1.43 bits per heavy atom.